The zero-order valence-corrected chi connectivity index (χ0v) is 17.5. The maximum absolute atomic E-state index is 12.5. The van der Waals surface area contributed by atoms with Crippen molar-refractivity contribution in [3.8, 4) is 11.5 Å². The number of benzene rings is 2. The molecule has 0 aliphatic heterocycles. The number of carbonyl (C=O) groups excluding carboxylic acids is 1. The van der Waals surface area contributed by atoms with E-state index in [1.54, 1.807) is 42.4 Å². The monoisotopic (exact) mass is 437 g/mol. The number of hydrogen-bond donors (Lipinski definition) is 1. The maximum atomic E-state index is 12.5. The van der Waals surface area contributed by atoms with E-state index in [0.717, 1.165) is 5.56 Å². The molecule has 0 saturated heterocycles. The van der Waals surface area contributed by atoms with E-state index >= 15 is 0 Å². The summed E-state index contributed by atoms with van der Waals surface area (Å²) in [5.74, 6) is 1.71. The number of amides is 1. The molecule has 2 aromatic carbocycles. The molecule has 0 atom stereocenters. The van der Waals surface area contributed by atoms with Crippen LogP contribution in [0.4, 0.5) is 5.69 Å². The van der Waals surface area contributed by atoms with Crippen molar-refractivity contribution < 1.29 is 18.7 Å². The van der Waals surface area contributed by atoms with Crippen molar-refractivity contribution in [1.29, 1.82) is 0 Å². The number of nitrogens with zero attached hydrogens (tertiary/aromatic N) is 2. The minimum absolute atomic E-state index is 0.190. The molecule has 4 aromatic rings. The Kier molecular flexibility index (Phi) is 6.24. The zero-order valence-electron chi connectivity index (χ0n) is 16.7. The van der Waals surface area contributed by atoms with Gasteiger partial charge in [-0.2, -0.15) is 5.10 Å². The van der Waals surface area contributed by atoms with Gasteiger partial charge < -0.3 is 19.2 Å². The molecule has 7 nitrogen and oxygen atoms in total. The van der Waals surface area contributed by atoms with Gasteiger partial charge in [0.15, 0.2) is 5.76 Å². The van der Waals surface area contributed by atoms with Crippen molar-refractivity contribution in [3.63, 3.8) is 0 Å². The first kappa shape index (κ1) is 20.6. The number of anilines is 1. The quantitative estimate of drug-likeness (QED) is 0.419. The summed E-state index contributed by atoms with van der Waals surface area (Å²) in [6, 6.07) is 18.1. The van der Waals surface area contributed by atoms with Gasteiger partial charge in [0.1, 0.15) is 23.9 Å². The number of furan rings is 1. The number of hydrogen-bond acceptors (Lipinski definition) is 5. The van der Waals surface area contributed by atoms with E-state index < -0.39 is 0 Å². The van der Waals surface area contributed by atoms with Crippen LogP contribution in [0.2, 0.25) is 5.02 Å². The van der Waals surface area contributed by atoms with Crippen LogP contribution >= 0.6 is 11.6 Å². The van der Waals surface area contributed by atoms with Crippen LogP contribution in [-0.2, 0) is 13.2 Å². The minimum atomic E-state index is -0.362. The molecule has 0 radical (unpaired) electrons. The predicted octanol–water partition coefficient (Wildman–Crippen LogP) is 5.02. The molecular weight excluding hydrogens is 418 g/mol. The minimum Gasteiger partial charge on any atom is -0.497 e. The van der Waals surface area contributed by atoms with Crippen LogP contribution in [0.15, 0.2) is 77.5 Å². The lowest BCUT2D eigenvalue weighted by Crippen LogP contribution is -2.10. The van der Waals surface area contributed by atoms with Gasteiger partial charge in [-0.15, -0.1) is 0 Å². The Balaban J connectivity index is 1.32. The van der Waals surface area contributed by atoms with Crippen molar-refractivity contribution >= 4 is 23.2 Å². The highest BCUT2D eigenvalue weighted by atomic mass is 35.5. The van der Waals surface area contributed by atoms with Gasteiger partial charge in [-0.1, -0.05) is 29.8 Å². The molecule has 2 aromatic heterocycles. The van der Waals surface area contributed by atoms with Crippen LogP contribution in [0.5, 0.6) is 11.5 Å². The molecule has 158 valence electrons. The number of methoxy groups -OCH3 is 1. The number of carbonyl (C=O) groups is 1. The van der Waals surface area contributed by atoms with Gasteiger partial charge in [0.05, 0.1) is 25.5 Å². The van der Waals surface area contributed by atoms with Crippen LogP contribution in [0.3, 0.4) is 0 Å². The first-order valence-corrected chi connectivity index (χ1v) is 9.90. The van der Waals surface area contributed by atoms with Crippen molar-refractivity contribution in [3.05, 3.63) is 95.2 Å². The van der Waals surface area contributed by atoms with Gasteiger partial charge in [0, 0.05) is 17.3 Å². The fraction of sp³-hybridized carbons (Fsp3) is 0.130. The molecule has 0 spiro atoms. The molecule has 0 unspecified atom stereocenters. The summed E-state index contributed by atoms with van der Waals surface area (Å²) >= 11 is 5.91. The first-order valence-electron chi connectivity index (χ1n) is 9.53. The van der Waals surface area contributed by atoms with E-state index in [1.807, 2.05) is 42.5 Å². The SMILES string of the molecule is COc1cccc(OCc2ccc(C(=O)Nc3cnn(Cc4ccc(Cl)cc4)c3)o2)c1. The molecule has 0 saturated carbocycles. The first-order chi connectivity index (χ1) is 15.1. The molecule has 31 heavy (non-hydrogen) atoms. The Bertz CT molecular complexity index is 1170. The number of halogens is 1. The van der Waals surface area contributed by atoms with Crippen LogP contribution in [0.25, 0.3) is 0 Å². The van der Waals surface area contributed by atoms with Crippen LogP contribution in [0.1, 0.15) is 21.9 Å². The Hall–Kier alpha value is -3.71. The number of nitrogens with one attached hydrogen (secondary N) is 1. The Morgan fingerprint density at radius 1 is 1.13 bits per heavy atom. The smallest absolute Gasteiger partial charge is 0.291 e. The standard InChI is InChI=1S/C23H20ClN3O4/c1-29-19-3-2-4-20(11-19)30-15-21-9-10-22(31-21)23(28)26-18-12-25-27(14-18)13-16-5-7-17(24)8-6-16/h2-12,14H,13,15H2,1H3,(H,26,28). The molecule has 2 heterocycles. The molecular formula is C23H20ClN3O4. The summed E-state index contributed by atoms with van der Waals surface area (Å²) in [4.78, 5) is 12.5. The second-order valence-corrected chi connectivity index (χ2v) is 7.18. The lowest BCUT2D eigenvalue weighted by atomic mass is 10.2. The van der Waals surface area contributed by atoms with Gasteiger partial charge in [-0.05, 0) is 42.0 Å². The molecule has 1 N–H and O–H groups in total. The highest BCUT2D eigenvalue weighted by molar-refractivity contribution is 6.30. The summed E-state index contributed by atoms with van der Waals surface area (Å²) in [7, 11) is 1.60. The average Bonchev–Trinajstić information content (AvgIpc) is 3.44. The van der Waals surface area contributed by atoms with Crippen molar-refractivity contribution in [2.24, 2.45) is 0 Å². The molecule has 0 aliphatic rings. The maximum Gasteiger partial charge on any atom is 0.291 e. The predicted molar refractivity (Wildman–Crippen MR) is 117 cm³/mol. The molecule has 0 bridgehead atoms. The number of aromatic nitrogens is 2. The summed E-state index contributed by atoms with van der Waals surface area (Å²) in [5, 5.41) is 7.74. The average molecular weight is 438 g/mol. The van der Waals surface area contributed by atoms with Crippen LogP contribution < -0.4 is 14.8 Å². The van der Waals surface area contributed by atoms with Gasteiger partial charge in [0.2, 0.25) is 0 Å². The Morgan fingerprint density at radius 2 is 1.94 bits per heavy atom. The number of ether oxygens (including phenoxy) is 2. The molecule has 4 rings (SSSR count). The Labute approximate surface area is 184 Å². The molecule has 0 fully saturated rings. The zero-order chi connectivity index (χ0) is 21.6. The molecule has 8 heteroatoms. The summed E-state index contributed by atoms with van der Waals surface area (Å²) in [6.45, 7) is 0.763. The molecule has 0 aliphatic carbocycles. The third-order valence-electron chi connectivity index (χ3n) is 4.46. The van der Waals surface area contributed by atoms with E-state index in [9.17, 15) is 4.79 Å². The third-order valence-corrected chi connectivity index (χ3v) is 4.71. The fourth-order valence-electron chi connectivity index (χ4n) is 2.91. The largest absolute Gasteiger partial charge is 0.497 e. The highest BCUT2D eigenvalue weighted by Crippen LogP contribution is 2.21. The van der Waals surface area contributed by atoms with E-state index in [1.165, 1.54) is 0 Å². The van der Waals surface area contributed by atoms with Gasteiger partial charge >= 0.3 is 0 Å². The summed E-state index contributed by atoms with van der Waals surface area (Å²) in [5.41, 5.74) is 1.63. The van der Waals surface area contributed by atoms with E-state index in [0.29, 0.717) is 34.5 Å². The lowest BCUT2D eigenvalue weighted by Gasteiger charge is -2.06. The normalized spacial score (nSPS) is 10.6. The van der Waals surface area contributed by atoms with Gasteiger partial charge in [-0.25, -0.2) is 0 Å². The fourth-order valence-corrected chi connectivity index (χ4v) is 3.03. The Morgan fingerprint density at radius 3 is 2.74 bits per heavy atom. The van der Waals surface area contributed by atoms with Crippen molar-refractivity contribution in [2.45, 2.75) is 13.2 Å². The van der Waals surface area contributed by atoms with Gasteiger partial charge in [0.25, 0.3) is 5.91 Å². The topological polar surface area (TPSA) is 78.5 Å². The second kappa shape index (κ2) is 9.40. The van der Waals surface area contributed by atoms with E-state index in [-0.39, 0.29) is 18.3 Å². The number of rotatable bonds is 8. The van der Waals surface area contributed by atoms with Crippen molar-refractivity contribution in [2.75, 3.05) is 12.4 Å². The lowest BCUT2D eigenvalue weighted by molar-refractivity contribution is 0.0992. The summed E-state index contributed by atoms with van der Waals surface area (Å²) < 4.78 is 18.2. The van der Waals surface area contributed by atoms with Gasteiger partial charge in [-0.3, -0.25) is 9.48 Å². The van der Waals surface area contributed by atoms with Crippen LogP contribution in [-0.4, -0.2) is 22.8 Å². The van der Waals surface area contributed by atoms with Crippen molar-refractivity contribution in [1.82, 2.24) is 9.78 Å². The van der Waals surface area contributed by atoms with E-state index in [4.69, 9.17) is 25.5 Å². The molecule has 1 amide bonds. The summed E-state index contributed by atoms with van der Waals surface area (Å²) in [6.07, 6.45) is 3.34. The third kappa shape index (κ3) is 5.46. The highest BCUT2D eigenvalue weighted by Gasteiger charge is 2.13. The van der Waals surface area contributed by atoms with Crippen LogP contribution in [0, 0.1) is 0 Å². The second-order valence-electron chi connectivity index (χ2n) is 6.74. The van der Waals surface area contributed by atoms with E-state index in [2.05, 4.69) is 10.4 Å².